The van der Waals surface area contributed by atoms with E-state index in [1.54, 1.807) is 0 Å². The number of benzene rings is 6. The van der Waals surface area contributed by atoms with Crippen molar-refractivity contribution >= 4 is 153 Å². The minimum atomic E-state index is -5.32. The molecule has 6 rings (SSSR count). The molecule has 0 aliphatic heterocycles. The second-order valence-corrected chi connectivity index (χ2v) is 15.1. The molecule has 0 unspecified atom stereocenters. The summed E-state index contributed by atoms with van der Waals surface area (Å²) in [5.41, 5.74) is -5.69. The fraction of sp³-hybridized carbons (Fsp3) is 0. The number of nitrogens with zero attached hydrogens (tertiary/aromatic N) is 11. The number of nitro groups is 3. The van der Waals surface area contributed by atoms with Crippen LogP contribution in [0.3, 0.4) is 0 Å². The number of rotatable bonds is 13. The Morgan fingerprint density at radius 1 is 0.446 bits per heavy atom. The van der Waals surface area contributed by atoms with Gasteiger partial charge in [0.05, 0.1) is 42.1 Å². The van der Waals surface area contributed by atoms with Crippen molar-refractivity contribution in [1.29, 1.82) is 0 Å². The minimum absolute atomic E-state index is 0. The molecule has 0 saturated carbocycles. The zero-order chi connectivity index (χ0) is 46.0. The van der Waals surface area contributed by atoms with Gasteiger partial charge in [-0.2, -0.15) is 27.1 Å². The summed E-state index contributed by atoms with van der Waals surface area (Å²) in [7, 11) is -10.5. The van der Waals surface area contributed by atoms with Crippen LogP contribution in [-0.2, 0) is 20.2 Å². The van der Waals surface area contributed by atoms with Gasteiger partial charge in [-0.3, -0.25) is 39.4 Å². The van der Waals surface area contributed by atoms with E-state index in [2.05, 4.69) is 40.9 Å². The number of nitro benzene ring substituents is 3. The summed E-state index contributed by atoms with van der Waals surface area (Å²) in [4.78, 5) is 29.1. The van der Waals surface area contributed by atoms with Gasteiger partial charge in [-0.05, 0) is 53.9 Å². The number of non-ortho nitro benzene ring substituents is 3. The smallest absolute Gasteiger partial charge is 0.296 e. The van der Waals surface area contributed by atoms with Crippen molar-refractivity contribution in [3.63, 3.8) is 0 Å². The molecule has 27 nitrogen and oxygen atoms in total. The first-order valence-corrected chi connectivity index (χ1v) is 19.5. The third-order valence-electron chi connectivity index (χ3n) is 8.24. The molecule has 0 aromatic heterocycles. The Bertz CT molecular complexity index is 3270. The molecular formula is C34H21N11Na2O16S2. The second-order valence-electron chi connectivity index (χ2n) is 12.3. The molecule has 0 bridgehead atoms. The van der Waals surface area contributed by atoms with Crippen molar-refractivity contribution < 1.29 is 61.1 Å². The first kappa shape index (κ1) is 50.8. The molecule has 0 heterocycles. The molecule has 0 saturated heterocycles. The van der Waals surface area contributed by atoms with E-state index in [9.17, 15) is 76.7 Å². The fourth-order valence-electron chi connectivity index (χ4n) is 5.25. The maximum atomic E-state index is 12.5. The molecule has 6 aromatic carbocycles. The van der Waals surface area contributed by atoms with Crippen LogP contribution in [0.1, 0.15) is 0 Å². The first-order chi connectivity index (χ1) is 29.6. The average molecular weight is 950 g/mol. The van der Waals surface area contributed by atoms with E-state index in [0.717, 1.165) is 60.7 Å². The van der Waals surface area contributed by atoms with Gasteiger partial charge < -0.3 is 20.4 Å². The number of phenolic OH excluding ortho intramolecular Hbond substituents is 4. The van der Waals surface area contributed by atoms with E-state index in [-0.39, 0.29) is 81.9 Å². The number of aromatic hydroxyl groups is 4. The SMILES string of the molecule is O=[N+]([O-])c1ccc(N=Nc2cc(N=Nc3cc(S(=O)(=O)O)cc4cc(S(=O)(=O)O)c(N=Nc5ccc([N+](=O)[O-])cc5)c(O)c34)c(O)c(N=Nc3cc([N+](=O)[O-])ccc3O)c2O)cc1.[Na].[Na]. The summed E-state index contributed by atoms with van der Waals surface area (Å²) in [6.45, 7) is 0. The molecule has 6 N–H and O–H groups in total. The zero-order valence-corrected chi connectivity index (χ0v) is 38.3. The van der Waals surface area contributed by atoms with E-state index < -0.39 is 118 Å². The van der Waals surface area contributed by atoms with E-state index in [4.69, 9.17) is 0 Å². The summed E-state index contributed by atoms with van der Waals surface area (Å²) in [6, 6.07) is 14.2. The Kier molecular flexibility index (Phi) is 15.9. The standard InChI is InChI=1S/C34H21N11O16S2.2Na/c46-27-10-9-21(45(54)55)13-23(27)37-42-31-32(47)25(39-35-17-1-5-19(6-2-17)43(50)51)15-26(33(31)48)40-38-24-14-22(62(56,57)58)11-16-12-28(63(59,60)61)30(34(49)29(16)24)41-36-18-3-7-20(8-4-18)44(52)53;;/h1-15,46-49H,(H,56,57,58)(H,59,60,61);;. The molecule has 65 heavy (non-hydrogen) atoms. The fourth-order valence-corrected chi connectivity index (χ4v) is 6.44. The van der Waals surface area contributed by atoms with Gasteiger partial charge in [-0.25, -0.2) is 0 Å². The van der Waals surface area contributed by atoms with Crippen molar-refractivity contribution in [2.45, 2.75) is 9.79 Å². The van der Waals surface area contributed by atoms with Crippen LogP contribution in [0, 0.1) is 30.3 Å². The number of azo groups is 4. The van der Waals surface area contributed by atoms with Gasteiger partial charge in [-0.1, -0.05) is 0 Å². The molecule has 0 spiro atoms. The van der Waals surface area contributed by atoms with Crippen LogP contribution in [-0.4, -0.2) is 120 Å². The van der Waals surface area contributed by atoms with Crippen molar-refractivity contribution in [2.75, 3.05) is 0 Å². The number of fused-ring (bicyclic) bond motifs is 1. The van der Waals surface area contributed by atoms with E-state index >= 15 is 0 Å². The molecule has 0 atom stereocenters. The van der Waals surface area contributed by atoms with Crippen molar-refractivity contribution in [3.8, 4) is 23.0 Å². The zero-order valence-electron chi connectivity index (χ0n) is 32.7. The van der Waals surface area contributed by atoms with Gasteiger partial charge in [-0.15, -0.1) is 30.7 Å². The van der Waals surface area contributed by atoms with Gasteiger partial charge >= 0.3 is 0 Å². The van der Waals surface area contributed by atoms with Gasteiger partial charge in [0, 0.05) is 102 Å². The number of phenols is 4. The normalized spacial score (nSPS) is 11.9. The first-order valence-electron chi connectivity index (χ1n) is 16.6. The van der Waals surface area contributed by atoms with E-state index in [1.807, 2.05) is 0 Å². The summed E-state index contributed by atoms with van der Waals surface area (Å²) < 4.78 is 69.6. The number of hydrogen-bond donors (Lipinski definition) is 6. The monoisotopic (exact) mass is 949 g/mol. The largest absolute Gasteiger partial charge is 0.506 e. The van der Waals surface area contributed by atoms with Crippen molar-refractivity contribution in [3.05, 3.63) is 121 Å². The van der Waals surface area contributed by atoms with Crippen LogP contribution in [0.5, 0.6) is 23.0 Å². The predicted octanol–water partition coefficient (Wildman–Crippen LogP) is 8.78. The van der Waals surface area contributed by atoms with Crippen molar-refractivity contribution in [1.82, 2.24) is 0 Å². The maximum absolute atomic E-state index is 12.5. The Labute approximate surface area is 405 Å². The molecule has 0 fully saturated rings. The van der Waals surface area contributed by atoms with Crippen molar-refractivity contribution in [2.24, 2.45) is 40.9 Å². The Morgan fingerprint density at radius 3 is 1.38 bits per heavy atom. The molecule has 322 valence electrons. The summed E-state index contributed by atoms with van der Waals surface area (Å²) in [6.07, 6.45) is 0. The van der Waals surface area contributed by atoms with Gasteiger partial charge in [0.1, 0.15) is 33.4 Å². The Hall–Kier alpha value is -6.80. The van der Waals surface area contributed by atoms with E-state index in [0.29, 0.717) is 18.2 Å². The molecule has 2 radical (unpaired) electrons. The third kappa shape index (κ3) is 11.7. The van der Waals surface area contributed by atoms with Gasteiger partial charge in [0.15, 0.2) is 22.9 Å². The molecule has 0 amide bonds. The van der Waals surface area contributed by atoms with Crippen LogP contribution in [0.15, 0.2) is 142 Å². The van der Waals surface area contributed by atoms with E-state index in [1.165, 1.54) is 12.1 Å². The van der Waals surface area contributed by atoms with Gasteiger partial charge in [0.25, 0.3) is 37.3 Å². The molecule has 0 aliphatic carbocycles. The number of hydrogen-bond acceptors (Lipinski definition) is 22. The average Bonchev–Trinajstić information content (AvgIpc) is 3.22. The quantitative estimate of drug-likeness (QED) is 0.0207. The Morgan fingerprint density at radius 2 is 0.892 bits per heavy atom. The summed E-state index contributed by atoms with van der Waals surface area (Å²) in [5, 5.41) is 107. The van der Waals surface area contributed by atoms with Crippen LogP contribution in [0.2, 0.25) is 0 Å². The predicted molar refractivity (Wildman–Crippen MR) is 224 cm³/mol. The minimum Gasteiger partial charge on any atom is -0.506 e. The molecule has 31 heteroatoms. The van der Waals surface area contributed by atoms with Gasteiger partial charge in [0.2, 0.25) is 0 Å². The topological polar surface area (TPSA) is 418 Å². The second kappa shape index (κ2) is 20.4. The molecule has 0 aliphatic rings. The Balaban J connectivity index is 0.00000462. The van der Waals surface area contributed by atoms with Crippen LogP contribution >= 0.6 is 0 Å². The van der Waals surface area contributed by atoms with Crippen LogP contribution < -0.4 is 0 Å². The summed E-state index contributed by atoms with van der Waals surface area (Å²) >= 11 is 0. The molecule has 6 aromatic rings. The maximum Gasteiger partial charge on any atom is 0.296 e. The van der Waals surface area contributed by atoms with Crippen LogP contribution in [0.25, 0.3) is 10.8 Å². The third-order valence-corrected chi connectivity index (χ3v) is 9.94. The van der Waals surface area contributed by atoms with Crippen LogP contribution in [0.4, 0.5) is 62.6 Å². The summed E-state index contributed by atoms with van der Waals surface area (Å²) in [5.74, 6) is -3.83. The molecular weight excluding hydrogens is 929 g/mol.